The Bertz CT molecular complexity index is 1140. The second-order valence-corrected chi connectivity index (χ2v) is 10.0. The first-order chi connectivity index (χ1) is 15.5. The molecule has 2 aliphatic rings. The Labute approximate surface area is 193 Å². The molecular formula is C26H31N3O2S. The molecule has 3 aromatic rings. The number of aryl methyl sites for hydroxylation is 1. The molecule has 0 saturated carbocycles. The van der Waals surface area contributed by atoms with Gasteiger partial charge in [-0.25, -0.2) is 0 Å². The maximum atomic E-state index is 11.5. The van der Waals surface area contributed by atoms with Crippen molar-refractivity contribution < 1.29 is 9.53 Å². The predicted octanol–water partition coefficient (Wildman–Crippen LogP) is 4.52. The molecule has 1 fully saturated rings. The topological polar surface area (TPSA) is 58.8 Å². The van der Waals surface area contributed by atoms with Gasteiger partial charge in [-0.2, -0.15) is 0 Å². The average molecular weight is 450 g/mol. The van der Waals surface area contributed by atoms with Gasteiger partial charge in [0.25, 0.3) is 0 Å². The summed E-state index contributed by atoms with van der Waals surface area (Å²) in [4.78, 5) is 16.6. The molecule has 6 heteroatoms. The number of carbonyl (C=O) groups is 1. The molecule has 0 bridgehead atoms. The zero-order valence-corrected chi connectivity index (χ0v) is 19.7. The zero-order valence-electron chi connectivity index (χ0n) is 18.8. The van der Waals surface area contributed by atoms with Crippen LogP contribution in [0.5, 0.6) is 0 Å². The van der Waals surface area contributed by atoms with Crippen molar-refractivity contribution in [2.45, 2.75) is 38.8 Å². The molecule has 168 valence electrons. The normalized spacial score (nSPS) is 21.6. The van der Waals surface area contributed by atoms with Crippen LogP contribution >= 0.6 is 11.3 Å². The Morgan fingerprint density at radius 2 is 2.09 bits per heavy atom. The molecule has 5 nitrogen and oxygen atoms in total. The molecule has 2 aliphatic heterocycles. The van der Waals surface area contributed by atoms with Crippen LogP contribution < -0.4 is 10.6 Å². The van der Waals surface area contributed by atoms with Crippen molar-refractivity contribution in [3.05, 3.63) is 64.0 Å². The summed E-state index contributed by atoms with van der Waals surface area (Å²) in [7, 11) is 0. The molecule has 32 heavy (non-hydrogen) atoms. The third-order valence-electron chi connectivity index (χ3n) is 7.00. The van der Waals surface area contributed by atoms with E-state index >= 15 is 0 Å². The van der Waals surface area contributed by atoms with E-state index in [9.17, 15) is 4.79 Å². The summed E-state index contributed by atoms with van der Waals surface area (Å²) >= 11 is 1.83. The molecule has 0 aliphatic carbocycles. The van der Waals surface area contributed by atoms with Gasteiger partial charge in [-0.1, -0.05) is 6.07 Å². The van der Waals surface area contributed by atoms with Crippen LogP contribution in [0.1, 0.15) is 46.5 Å². The van der Waals surface area contributed by atoms with Gasteiger partial charge in [0.2, 0.25) is 5.91 Å². The number of fused-ring (bicyclic) bond motifs is 2. The van der Waals surface area contributed by atoms with E-state index < -0.39 is 0 Å². The van der Waals surface area contributed by atoms with Gasteiger partial charge in [-0.3, -0.25) is 9.69 Å². The van der Waals surface area contributed by atoms with E-state index in [1.807, 2.05) is 29.5 Å². The average Bonchev–Trinajstić information content (AvgIpc) is 3.27. The fourth-order valence-electron chi connectivity index (χ4n) is 5.20. The highest BCUT2D eigenvalue weighted by Gasteiger charge is 2.27. The molecule has 1 aromatic heterocycles. The molecular weight excluding hydrogens is 418 g/mol. The van der Waals surface area contributed by atoms with Gasteiger partial charge < -0.3 is 15.4 Å². The third-order valence-corrected chi connectivity index (χ3v) is 8.06. The van der Waals surface area contributed by atoms with Crippen LogP contribution in [0.3, 0.4) is 0 Å². The Hall–Kier alpha value is -2.41. The Balaban J connectivity index is 1.22. The number of amides is 1. The maximum Gasteiger partial charge on any atom is 0.248 e. The lowest BCUT2D eigenvalue weighted by Crippen LogP contribution is -2.52. The molecule has 2 atom stereocenters. The highest BCUT2D eigenvalue weighted by atomic mass is 32.1. The lowest BCUT2D eigenvalue weighted by atomic mass is 9.93. The van der Waals surface area contributed by atoms with Gasteiger partial charge in [0.15, 0.2) is 0 Å². The molecule has 0 radical (unpaired) electrons. The van der Waals surface area contributed by atoms with Crippen molar-refractivity contribution in [2.24, 2.45) is 5.73 Å². The number of hydrogen-bond donors (Lipinski definition) is 1. The van der Waals surface area contributed by atoms with Gasteiger partial charge in [0.1, 0.15) is 0 Å². The minimum atomic E-state index is -0.365. The van der Waals surface area contributed by atoms with Gasteiger partial charge in [0, 0.05) is 48.2 Å². The number of hydrogen-bond acceptors (Lipinski definition) is 5. The van der Waals surface area contributed by atoms with Crippen molar-refractivity contribution in [2.75, 3.05) is 37.7 Å². The molecule has 3 heterocycles. The maximum absolute atomic E-state index is 11.5. The molecule has 1 saturated heterocycles. The first-order valence-electron chi connectivity index (χ1n) is 11.5. The molecule has 2 N–H and O–H groups in total. The first kappa shape index (κ1) is 21.4. The Morgan fingerprint density at radius 3 is 2.91 bits per heavy atom. The second kappa shape index (κ2) is 8.85. The van der Waals surface area contributed by atoms with Crippen molar-refractivity contribution in [1.82, 2.24) is 4.90 Å². The molecule has 5 rings (SSSR count). The number of primary amides is 1. The van der Waals surface area contributed by atoms with Crippen LogP contribution in [0, 0.1) is 6.92 Å². The summed E-state index contributed by atoms with van der Waals surface area (Å²) in [6.45, 7) is 9.41. The van der Waals surface area contributed by atoms with E-state index in [1.165, 1.54) is 32.5 Å². The fraction of sp³-hybridized carbons (Fsp3) is 0.423. The summed E-state index contributed by atoms with van der Waals surface area (Å²) in [5, 5.41) is 3.54. The number of anilines is 1. The lowest BCUT2D eigenvalue weighted by molar-refractivity contribution is 0.0255. The highest BCUT2D eigenvalue weighted by molar-refractivity contribution is 7.17. The summed E-state index contributed by atoms with van der Waals surface area (Å²) in [5.74, 6) is -0.365. The Morgan fingerprint density at radius 1 is 1.22 bits per heavy atom. The number of thiophene rings is 1. The van der Waals surface area contributed by atoms with Crippen LogP contribution in [0.25, 0.3) is 10.1 Å². The van der Waals surface area contributed by atoms with Gasteiger partial charge in [0.05, 0.1) is 12.7 Å². The van der Waals surface area contributed by atoms with Gasteiger partial charge in [-0.15, -0.1) is 11.3 Å². The quantitative estimate of drug-likeness (QED) is 0.622. The SMILES string of the molecule is Cc1cc(N2CCN(CC[C@@H]3OCCc4cc(C(N)=O)ccc43)[C@H](C)C2)cc2ccsc12. The van der Waals surface area contributed by atoms with Crippen LogP contribution in [0.4, 0.5) is 5.69 Å². The molecule has 0 spiro atoms. The number of rotatable bonds is 5. The van der Waals surface area contributed by atoms with E-state index in [2.05, 4.69) is 47.2 Å². The molecule has 2 aromatic carbocycles. The predicted molar refractivity (Wildman–Crippen MR) is 132 cm³/mol. The standard InChI is InChI=1S/C26H31N3O2S/c1-17-13-22(15-20-7-12-32-25(17)20)29-10-9-28(18(2)16-29)8-5-24-23-4-3-21(26(27)30)14-19(23)6-11-31-24/h3-4,7,12-15,18,24H,5-6,8-11,16H2,1-2H3,(H2,27,30)/t18-,24+/m1/s1. The Kier molecular flexibility index (Phi) is 5.93. The minimum absolute atomic E-state index is 0.0922. The smallest absolute Gasteiger partial charge is 0.248 e. The second-order valence-electron chi connectivity index (χ2n) is 9.11. The summed E-state index contributed by atoms with van der Waals surface area (Å²) < 4.78 is 7.51. The number of benzene rings is 2. The number of nitrogens with zero attached hydrogens (tertiary/aromatic N) is 2. The molecule has 0 unspecified atom stereocenters. The van der Waals surface area contributed by atoms with Crippen LogP contribution in [0.2, 0.25) is 0 Å². The monoisotopic (exact) mass is 449 g/mol. The highest BCUT2D eigenvalue weighted by Crippen LogP contribution is 2.33. The van der Waals surface area contributed by atoms with E-state index in [0.717, 1.165) is 39.0 Å². The number of nitrogens with two attached hydrogens (primary N) is 1. The molecule has 1 amide bonds. The number of piperazine rings is 1. The van der Waals surface area contributed by atoms with E-state index in [4.69, 9.17) is 10.5 Å². The van der Waals surface area contributed by atoms with Crippen LogP contribution in [-0.2, 0) is 11.2 Å². The zero-order chi connectivity index (χ0) is 22.2. The third kappa shape index (κ3) is 4.15. The minimum Gasteiger partial charge on any atom is -0.373 e. The van der Waals surface area contributed by atoms with E-state index in [-0.39, 0.29) is 12.0 Å². The summed E-state index contributed by atoms with van der Waals surface area (Å²) in [6.07, 6.45) is 1.90. The largest absolute Gasteiger partial charge is 0.373 e. The van der Waals surface area contributed by atoms with E-state index in [0.29, 0.717) is 18.2 Å². The van der Waals surface area contributed by atoms with Crippen LogP contribution in [-0.4, -0.2) is 49.6 Å². The number of ether oxygens (including phenoxy) is 1. The fourth-order valence-corrected chi connectivity index (χ4v) is 6.06. The van der Waals surface area contributed by atoms with Crippen molar-refractivity contribution in [3.63, 3.8) is 0 Å². The first-order valence-corrected chi connectivity index (χ1v) is 12.4. The van der Waals surface area contributed by atoms with Crippen molar-refractivity contribution in [1.29, 1.82) is 0 Å². The van der Waals surface area contributed by atoms with Gasteiger partial charge >= 0.3 is 0 Å². The lowest BCUT2D eigenvalue weighted by Gasteiger charge is -2.41. The van der Waals surface area contributed by atoms with Crippen molar-refractivity contribution in [3.8, 4) is 0 Å². The summed E-state index contributed by atoms with van der Waals surface area (Å²) in [6, 6.07) is 13.2. The van der Waals surface area contributed by atoms with Gasteiger partial charge in [-0.05, 0) is 84.5 Å². The van der Waals surface area contributed by atoms with Crippen molar-refractivity contribution >= 4 is 33.0 Å². The van der Waals surface area contributed by atoms with Crippen LogP contribution in [0.15, 0.2) is 41.8 Å². The summed E-state index contributed by atoms with van der Waals surface area (Å²) in [5.41, 5.74) is 11.2. The van der Waals surface area contributed by atoms with E-state index in [1.54, 1.807) is 0 Å². The number of carbonyl (C=O) groups excluding carboxylic acids is 1.